The highest BCUT2D eigenvalue weighted by Gasteiger charge is 2.39. The molecular weight excluding hydrogens is 434 g/mol. The maximum atomic E-state index is 13.6. The van der Waals surface area contributed by atoms with Gasteiger partial charge < -0.3 is 9.88 Å². The van der Waals surface area contributed by atoms with E-state index in [0.717, 1.165) is 23.4 Å². The predicted octanol–water partition coefficient (Wildman–Crippen LogP) is 6.44. The average Bonchev–Trinajstić information content (AvgIpc) is 3.24. The van der Waals surface area contributed by atoms with Gasteiger partial charge in [-0.25, -0.2) is 19.3 Å². The van der Waals surface area contributed by atoms with Crippen LogP contribution in [0.15, 0.2) is 73.2 Å². The second kappa shape index (κ2) is 9.01. The molecule has 0 spiro atoms. The molecule has 0 aliphatic carbocycles. The molecule has 1 unspecified atom stereocenters. The molecule has 0 aliphatic heterocycles. The molecule has 9 heteroatoms. The van der Waals surface area contributed by atoms with E-state index in [-0.39, 0.29) is 29.1 Å². The fourth-order valence-corrected chi connectivity index (χ4v) is 3.46. The van der Waals surface area contributed by atoms with Crippen molar-refractivity contribution in [2.24, 2.45) is 0 Å². The van der Waals surface area contributed by atoms with E-state index in [9.17, 15) is 17.6 Å². The molecule has 5 nitrogen and oxygen atoms in total. The highest BCUT2D eigenvalue weighted by Crippen LogP contribution is 2.38. The minimum absolute atomic E-state index is 0.128. The number of hydrogen-bond donors (Lipinski definition) is 1. The van der Waals surface area contributed by atoms with Crippen LogP contribution in [0, 0.1) is 5.82 Å². The van der Waals surface area contributed by atoms with Gasteiger partial charge in [-0.3, -0.25) is 0 Å². The Morgan fingerprint density at radius 2 is 1.61 bits per heavy atom. The molecule has 0 saturated carbocycles. The molecule has 1 N–H and O–H groups in total. The lowest BCUT2D eigenvalue weighted by Gasteiger charge is -2.20. The van der Waals surface area contributed by atoms with Crippen LogP contribution in [0.3, 0.4) is 0 Å². The Bertz CT molecular complexity index is 1220. The number of alkyl halides is 3. The fraction of sp³-hybridized carbons (Fsp3) is 0.208. The zero-order valence-electron chi connectivity index (χ0n) is 17.9. The minimum atomic E-state index is -4.49. The number of nitrogens with one attached hydrogen (secondary N) is 1. The van der Waals surface area contributed by atoms with Gasteiger partial charge in [0, 0.05) is 11.8 Å². The molecule has 0 fully saturated rings. The van der Waals surface area contributed by atoms with Gasteiger partial charge in [-0.05, 0) is 49.7 Å². The number of benzene rings is 2. The van der Waals surface area contributed by atoms with Gasteiger partial charge in [0.1, 0.15) is 11.9 Å². The SMILES string of the molecule is CC(n1cnc(-c2ccc(F)cc2)c1-c1ccnc(N[C@H](C)c2ccccc2)n1)C(F)(F)F. The largest absolute Gasteiger partial charge is 0.408 e. The third-order valence-electron chi connectivity index (χ3n) is 5.35. The smallest absolute Gasteiger partial charge is 0.348 e. The lowest BCUT2D eigenvalue weighted by molar-refractivity contribution is -0.162. The highest BCUT2D eigenvalue weighted by atomic mass is 19.4. The van der Waals surface area contributed by atoms with Crippen LogP contribution in [-0.2, 0) is 0 Å². The lowest BCUT2D eigenvalue weighted by Crippen LogP contribution is -2.24. The number of nitrogens with zero attached hydrogens (tertiary/aromatic N) is 4. The topological polar surface area (TPSA) is 55.6 Å². The van der Waals surface area contributed by atoms with Crippen molar-refractivity contribution in [1.29, 1.82) is 0 Å². The third kappa shape index (κ3) is 4.87. The zero-order valence-corrected chi connectivity index (χ0v) is 17.9. The zero-order chi connectivity index (χ0) is 23.6. The van der Waals surface area contributed by atoms with Gasteiger partial charge >= 0.3 is 6.18 Å². The Balaban J connectivity index is 1.77. The van der Waals surface area contributed by atoms with E-state index in [2.05, 4.69) is 20.3 Å². The fourth-order valence-electron chi connectivity index (χ4n) is 3.46. The van der Waals surface area contributed by atoms with Crippen LogP contribution in [-0.4, -0.2) is 25.7 Å². The molecule has 0 radical (unpaired) electrons. The van der Waals surface area contributed by atoms with Gasteiger partial charge in [-0.15, -0.1) is 0 Å². The number of aromatic nitrogens is 4. The Labute approximate surface area is 188 Å². The molecule has 33 heavy (non-hydrogen) atoms. The van der Waals surface area contributed by atoms with Crippen LogP contribution in [0.5, 0.6) is 0 Å². The normalized spacial score (nSPS) is 13.5. The Hall–Kier alpha value is -3.75. The third-order valence-corrected chi connectivity index (χ3v) is 5.35. The van der Waals surface area contributed by atoms with E-state index in [0.29, 0.717) is 5.56 Å². The molecule has 2 atom stereocenters. The quantitative estimate of drug-likeness (QED) is 0.340. The van der Waals surface area contributed by atoms with Gasteiger partial charge in [0.25, 0.3) is 0 Å². The van der Waals surface area contributed by atoms with E-state index in [1.807, 2.05) is 37.3 Å². The van der Waals surface area contributed by atoms with Crippen LogP contribution in [0.1, 0.15) is 31.5 Å². The van der Waals surface area contributed by atoms with Gasteiger partial charge in [-0.2, -0.15) is 13.2 Å². The maximum Gasteiger partial charge on any atom is 0.408 e. The van der Waals surface area contributed by atoms with E-state index in [1.54, 1.807) is 0 Å². The first kappa shape index (κ1) is 22.4. The highest BCUT2D eigenvalue weighted by molar-refractivity contribution is 5.77. The molecule has 0 amide bonds. The molecule has 2 aromatic carbocycles. The van der Waals surface area contributed by atoms with Crippen LogP contribution < -0.4 is 5.32 Å². The van der Waals surface area contributed by atoms with Crippen LogP contribution in [0.4, 0.5) is 23.5 Å². The second-order valence-electron chi connectivity index (χ2n) is 7.62. The summed E-state index contributed by atoms with van der Waals surface area (Å²) in [6.07, 6.45) is -1.88. The van der Waals surface area contributed by atoms with Crippen molar-refractivity contribution in [3.05, 3.63) is 84.6 Å². The number of hydrogen-bond acceptors (Lipinski definition) is 4. The van der Waals surface area contributed by atoms with Crippen molar-refractivity contribution >= 4 is 5.95 Å². The first-order chi connectivity index (χ1) is 15.7. The summed E-state index contributed by atoms with van der Waals surface area (Å²) in [5.74, 6) is -0.187. The lowest BCUT2D eigenvalue weighted by atomic mass is 10.1. The van der Waals surface area contributed by atoms with Crippen molar-refractivity contribution in [3.8, 4) is 22.6 Å². The molecule has 2 aromatic heterocycles. The molecule has 4 aromatic rings. The summed E-state index contributed by atoms with van der Waals surface area (Å²) in [4.78, 5) is 12.9. The van der Waals surface area contributed by atoms with Crippen LogP contribution in [0.25, 0.3) is 22.6 Å². The number of rotatable bonds is 6. The molecule has 170 valence electrons. The van der Waals surface area contributed by atoms with E-state index < -0.39 is 18.0 Å². The summed E-state index contributed by atoms with van der Waals surface area (Å²) >= 11 is 0. The second-order valence-corrected chi connectivity index (χ2v) is 7.62. The molecule has 0 aliphatic rings. The van der Waals surface area contributed by atoms with E-state index >= 15 is 0 Å². The minimum Gasteiger partial charge on any atom is -0.348 e. The van der Waals surface area contributed by atoms with Crippen LogP contribution in [0.2, 0.25) is 0 Å². The van der Waals surface area contributed by atoms with Gasteiger partial charge in [0.2, 0.25) is 5.95 Å². The van der Waals surface area contributed by atoms with Crippen molar-refractivity contribution in [2.45, 2.75) is 32.1 Å². The number of imidazole rings is 1. The first-order valence-electron chi connectivity index (χ1n) is 10.3. The molecule has 2 heterocycles. The summed E-state index contributed by atoms with van der Waals surface area (Å²) < 4.78 is 55.2. The number of halogens is 4. The number of anilines is 1. The first-order valence-corrected chi connectivity index (χ1v) is 10.3. The van der Waals surface area contributed by atoms with Gasteiger partial charge in [-0.1, -0.05) is 30.3 Å². The summed E-state index contributed by atoms with van der Waals surface area (Å²) in [5, 5.41) is 3.18. The van der Waals surface area contributed by atoms with Gasteiger partial charge in [0.15, 0.2) is 0 Å². The predicted molar refractivity (Wildman–Crippen MR) is 118 cm³/mol. The molecular formula is C24H21F4N5. The monoisotopic (exact) mass is 455 g/mol. The molecule has 0 saturated heterocycles. The van der Waals surface area contributed by atoms with Crippen molar-refractivity contribution < 1.29 is 17.6 Å². The maximum absolute atomic E-state index is 13.6. The summed E-state index contributed by atoms with van der Waals surface area (Å²) in [5.41, 5.74) is 2.19. The van der Waals surface area contributed by atoms with Crippen molar-refractivity contribution in [3.63, 3.8) is 0 Å². The summed E-state index contributed by atoms with van der Waals surface area (Å²) in [6, 6.07) is 14.6. The average molecular weight is 455 g/mol. The Morgan fingerprint density at radius 1 is 0.909 bits per heavy atom. The van der Waals surface area contributed by atoms with E-state index in [4.69, 9.17) is 0 Å². The Morgan fingerprint density at radius 3 is 2.27 bits per heavy atom. The van der Waals surface area contributed by atoms with Crippen molar-refractivity contribution in [2.75, 3.05) is 5.32 Å². The standard InChI is InChI=1S/C24H21F4N5/c1-15(17-6-4-3-5-7-17)31-23-29-13-12-20(32-23)22-21(18-8-10-19(25)11-9-18)30-14-33(22)16(2)24(26,27)28/h3-16H,1-2H3,(H,29,31,32)/t15-,16?/m1/s1. The molecule has 4 rings (SSSR count). The molecule has 0 bridgehead atoms. The van der Waals surface area contributed by atoms with Gasteiger partial charge in [0.05, 0.1) is 29.5 Å². The van der Waals surface area contributed by atoms with E-state index in [1.165, 1.54) is 36.5 Å². The summed E-state index contributed by atoms with van der Waals surface area (Å²) in [7, 11) is 0. The van der Waals surface area contributed by atoms with Crippen molar-refractivity contribution in [1.82, 2.24) is 19.5 Å². The summed E-state index contributed by atoms with van der Waals surface area (Å²) in [6.45, 7) is 2.99. The Kier molecular flexibility index (Phi) is 6.13. The van der Waals surface area contributed by atoms with Crippen LogP contribution >= 0.6 is 0 Å².